The summed E-state index contributed by atoms with van der Waals surface area (Å²) in [5, 5.41) is 8.82. The molecule has 4 heterocycles. The lowest BCUT2D eigenvalue weighted by molar-refractivity contribution is 0.668. The van der Waals surface area contributed by atoms with Gasteiger partial charge in [0.15, 0.2) is 0 Å². The van der Waals surface area contributed by atoms with E-state index in [4.69, 9.17) is 17.7 Å². The second kappa shape index (κ2) is 21.3. The maximum atomic E-state index is 6.73. The SMILES string of the molecule is Cc1cc(-c2ccc(N(c3ccc(-c4ccc5oc6ccccc6c5c4)cc3)c3ccccc3-c3cccc4c3oc3ccccc34)c(C)c2)ccc1N(c1ccc(-c2ccc3oc4ccccc4c3c2)cc1)c1ccccc1-c1cccc2c1oc1ccccc12. The molecule has 0 aliphatic heterocycles. The first-order valence-corrected chi connectivity index (χ1v) is 31.3. The third kappa shape index (κ3) is 8.71. The van der Waals surface area contributed by atoms with Crippen LogP contribution in [-0.4, -0.2) is 0 Å². The van der Waals surface area contributed by atoms with Gasteiger partial charge in [0.25, 0.3) is 0 Å². The number of hydrogen-bond donors (Lipinski definition) is 0. The highest BCUT2D eigenvalue weighted by molar-refractivity contribution is 6.13. The molecule has 0 saturated heterocycles. The molecule has 6 nitrogen and oxygen atoms in total. The summed E-state index contributed by atoms with van der Waals surface area (Å²) in [5.41, 5.74) is 26.4. The van der Waals surface area contributed by atoms with Crippen LogP contribution in [0.4, 0.5) is 34.1 Å². The quantitative estimate of drug-likeness (QED) is 0.129. The molecule has 4 aromatic heterocycles. The number of anilines is 6. The molecule has 0 unspecified atom stereocenters. The number of nitrogens with zero attached hydrogens (tertiary/aromatic N) is 2. The van der Waals surface area contributed by atoms with Crippen LogP contribution in [0, 0.1) is 13.8 Å². The van der Waals surface area contributed by atoms with Gasteiger partial charge < -0.3 is 27.5 Å². The minimum absolute atomic E-state index is 0.865. The molecular formula is C86H56N2O4. The van der Waals surface area contributed by atoms with Crippen molar-refractivity contribution in [3.05, 3.63) is 314 Å². The van der Waals surface area contributed by atoms with Crippen LogP contribution < -0.4 is 9.80 Å². The van der Waals surface area contributed by atoms with Crippen LogP contribution in [0.3, 0.4) is 0 Å². The van der Waals surface area contributed by atoms with Gasteiger partial charge in [-0.05, 0) is 168 Å². The summed E-state index contributed by atoms with van der Waals surface area (Å²) < 4.78 is 25.9. The lowest BCUT2D eigenvalue weighted by Gasteiger charge is -2.30. The normalized spacial score (nSPS) is 11.8. The molecule has 0 atom stereocenters. The Morgan fingerprint density at radius 2 is 0.511 bits per heavy atom. The van der Waals surface area contributed by atoms with Crippen molar-refractivity contribution in [1.82, 2.24) is 0 Å². The Kier molecular flexibility index (Phi) is 12.3. The summed E-state index contributed by atoms with van der Waals surface area (Å²) in [7, 11) is 0. The molecule has 14 aromatic carbocycles. The molecule has 0 aliphatic rings. The van der Waals surface area contributed by atoms with E-state index in [0.717, 1.165) is 189 Å². The largest absolute Gasteiger partial charge is 0.456 e. The average Bonchev–Trinajstić information content (AvgIpc) is 1.42. The van der Waals surface area contributed by atoms with Crippen LogP contribution >= 0.6 is 0 Å². The van der Waals surface area contributed by atoms with Crippen molar-refractivity contribution in [3.8, 4) is 55.6 Å². The Morgan fingerprint density at radius 3 is 0.924 bits per heavy atom. The molecule has 0 fully saturated rings. The van der Waals surface area contributed by atoms with Gasteiger partial charge in [0.1, 0.15) is 44.7 Å². The maximum absolute atomic E-state index is 6.73. The van der Waals surface area contributed by atoms with E-state index in [1.54, 1.807) is 0 Å². The number of hydrogen-bond acceptors (Lipinski definition) is 6. The molecule has 6 heteroatoms. The number of furan rings is 4. The molecule has 18 rings (SSSR count). The van der Waals surface area contributed by atoms with E-state index in [1.165, 1.54) is 0 Å². The first-order valence-electron chi connectivity index (χ1n) is 31.3. The summed E-state index contributed by atoms with van der Waals surface area (Å²) in [6.07, 6.45) is 0. The van der Waals surface area contributed by atoms with Crippen LogP contribution in [0.15, 0.2) is 321 Å². The Labute approximate surface area is 530 Å². The highest BCUT2D eigenvalue weighted by atomic mass is 16.3. The number of aryl methyl sites for hydroxylation is 2. The van der Waals surface area contributed by atoms with E-state index in [-0.39, 0.29) is 0 Å². The van der Waals surface area contributed by atoms with Crippen molar-refractivity contribution in [2.45, 2.75) is 13.8 Å². The van der Waals surface area contributed by atoms with Gasteiger partial charge in [0.05, 0.1) is 11.4 Å². The topological polar surface area (TPSA) is 59.0 Å². The number of rotatable bonds is 11. The fraction of sp³-hybridized carbons (Fsp3) is 0.0233. The summed E-state index contributed by atoms with van der Waals surface area (Å²) >= 11 is 0. The third-order valence-corrected chi connectivity index (χ3v) is 18.6. The highest BCUT2D eigenvalue weighted by Gasteiger charge is 2.25. The molecule has 92 heavy (non-hydrogen) atoms. The van der Waals surface area contributed by atoms with Gasteiger partial charge in [-0.1, -0.05) is 194 Å². The van der Waals surface area contributed by atoms with Crippen molar-refractivity contribution >= 4 is 122 Å². The minimum atomic E-state index is 0.865. The van der Waals surface area contributed by atoms with Gasteiger partial charge in [0, 0.05) is 88.1 Å². The van der Waals surface area contributed by atoms with E-state index in [1.807, 2.05) is 36.4 Å². The third-order valence-electron chi connectivity index (χ3n) is 18.6. The molecule has 0 bridgehead atoms. The molecule has 0 N–H and O–H groups in total. The van der Waals surface area contributed by atoms with Crippen LogP contribution in [0.2, 0.25) is 0 Å². The predicted octanol–water partition coefficient (Wildman–Crippen LogP) is 25.2. The van der Waals surface area contributed by atoms with Crippen LogP contribution in [-0.2, 0) is 0 Å². The summed E-state index contributed by atoms with van der Waals surface area (Å²) in [4.78, 5) is 4.82. The molecule has 0 aliphatic carbocycles. The van der Waals surface area contributed by atoms with Crippen molar-refractivity contribution in [3.63, 3.8) is 0 Å². The van der Waals surface area contributed by atoms with Gasteiger partial charge in [-0.25, -0.2) is 0 Å². The predicted molar refractivity (Wildman–Crippen MR) is 382 cm³/mol. The van der Waals surface area contributed by atoms with Crippen LogP contribution in [0.1, 0.15) is 11.1 Å². The Morgan fingerprint density at radius 1 is 0.207 bits per heavy atom. The first-order chi connectivity index (χ1) is 45.4. The van der Waals surface area contributed by atoms with Gasteiger partial charge >= 0.3 is 0 Å². The monoisotopic (exact) mass is 1180 g/mol. The van der Waals surface area contributed by atoms with Crippen molar-refractivity contribution in [2.24, 2.45) is 0 Å². The van der Waals surface area contributed by atoms with Crippen molar-refractivity contribution < 1.29 is 17.7 Å². The van der Waals surface area contributed by atoms with Crippen LogP contribution in [0.5, 0.6) is 0 Å². The van der Waals surface area contributed by atoms with E-state index >= 15 is 0 Å². The molecular weight excluding hydrogens is 1120 g/mol. The lowest BCUT2D eigenvalue weighted by Crippen LogP contribution is -2.13. The molecule has 0 spiro atoms. The van der Waals surface area contributed by atoms with Gasteiger partial charge in [-0.2, -0.15) is 0 Å². The zero-order chi connectivity index (χ0) is 61.0. The zero-order valence-electron chi connectivity index (χ0n) is 50.4. The summed E-state index contributed by atoms with van der Waals surface area (Å²) in [5.74, 6) is 0. The van der Waals surface area contributed by atoms with E-state index < -0.39 is 0 Å². The zero-order valence-corrected chi connectivity index (χ0v) is 50.4. The Bertz CT molecular complexity index is 5570. The standard InChI is InChI=1S/C86H56N2O4/c1-53-49-57(37-45-75(53)87(61-41-33-55(34-42-61)59-39-47-83-73(51-59)67-21-7-11-29-79(67)89-83)77-27-9-3-17-63(77)69-23-15-25-71-65-19-5-13-31-81(65)91-85(69)71)58-38-46-76(54(2)50-58)88(62-43-35-56(36-44-62)60-40-48-84-74(52-60)68-22-8-12-30-80(68)90-84)78-28-10-4-18-64(78)70-24-16-26-72-66-20-6-14-32-82(66)92-86(70)72/h3-52H,1-2H3. The molecule has 0 saturated carbocycles. The Hall–Kier alpha value is -12.1. The van der Waals surface area contributed by atoms with Crippen LogP contribution in [0.25, 0.3) is 143 Å². The van der Waals surface area contributed by atoms with E-state index in [0.29, 0.717) is 0 Å². The average molecular weight is 1180 g/mol. The van der Waals surface area contributed by atoms with Gasteiger partial charge in [-0.15, -0.1) is 0 Å². The maximum Gasteiger partial charge on any atom is 0.143 e. The minimum Gasteiger partial charge on any atom is -0.456 e. The second-order valence-electron chi connectivity index (χ2n) is 24.0. The fourth-order valence-electron chi connectivity index (χ4n) is 14.1. The molecule has 434 valence electrons. The van der Waals surface area contributed by atoms with Gasteiger partial charge in [0.2, 0.25) is 0 Å². The Balaban J connectivity index is 0.747. The summed E-state index contributed by atoms with van der Waals surface area (Å²) in [6, 6.07) is 108. The van der Waals surface area contributed by atoms with Gasteiger partial charge in [-0.3, -0.25) is 0 Å². The number of fused-ring (bicyclic) bond motifs is 12. The highest BCUT2D eigenvalue weighted by Crippen LogP contribution is 2.49. The lowest BCUT2D eigenvalue weighted by atomic mass is 9.96. The molecule has 18 aromatic rings. The number of benzene rings is 14. The van der Waals surface area contributed by atoms with Crippen molar-refractivity contribution in [1.29, 1.82) is 0 Å². The fourth-order valence-corrected chi connectivity index (χ4v) is 14.1. The van der Waals surface area contributed by atoms with E-state index in [2.05, 4.69) is 291 Å². The first kappa shape index (κ1) is 53.0. The smallest absolute Gasteiger partial charge is 0.143 e. The van der Waals surface area contributed by atoms with Crippen molar-refractivity contribution in [2.75, 3.05) is 9.80 Å². The van der Waals surface area contributed by atoms with E-state index in [9.17, 15) is 0 Å². The molecule has 0 amide bonds. The summed E-state index contributed by atoms with van der Waals surface area (Å²) in [6.45, 7) is 4.46. The second-order valence-corrected chi connectivity index (χ2v) is 24.0. The number of para-hydroxylation sites is 8. The molecule has 0 radical (unpaired) electrons.